The highest BCUT2D eigenvalue weighted by Crippen LogP contribution is 2.07. The Morgan fingerprint density at radius 1 is 0.941 bits per heavy atom. The smallest absolute Gasteiger partial charge is 0.423 e. The van der Waals surface area contributed by atoms with Crippen molar-refractivity contribution in [1.29, 1.82) is 0 Å². The van der Waals surface area contributed by atoms with Gasteiger partial charge in [-0.1, -0.05) is 18.2 Å². The van der Waals surface area contributed by atoms with Crippen LogP contribution in [0.15, 0.2) is 18.2 Å². The van der Waals surface area contributed by atoms with Crippen molar-refractivity contribution >= 4 is 12.6 Å². The Balaban J connectivity index is 3.12. The molecule has 0 bridgehead atoms. The molecule has 0 atom stereocenters. The molecule has 0 saturated carbocycles. The number of hydrogen-bond donors (Lipinski definition) is 2. The lowest BCUT2D eigenvalue weighted by Crippen LogP contribution is -2.38. The first-order valence-electron chi connectivity index (χ1n) is 5.68. The normalized spacial score (nSPS) is 11.3. The van der Waals surface area contributed by atoms with Crippen LogP contribution in [0, 0.1) is 0 Å². The molecule has 2 N–H and O–H groups in total. The van der Waals surface area contributed by atoms with Crippen molar-refractivity contribution in [2.45, 2.75) is 13.1 Å². The average Bonchev–Trinajstić information content (AvgIpc) is 2.14. The molecule has 1 aromatic carbocycles. The minimum atomic E-state index is -1.42. The first-order valence-corrected chi connectivity index (χ1v) is 5.68. The molecule has 0 heterocycles. The van der Waals surface area contributed by atoms with E-state index >= 15 is 0 Å². The zero-order chi connectivity index (χ0) is 13.0. The van der Waals surface area contributed by atoms with Crippen LogP contribution in [0.25, 0.3) is 0 Å². The third-order valence-electron chi connectivity index (χ3n) is 2.52. The number of benzene rings is 1. The lowest BCUT2D eigenvalue weighted by molar-refractivity contribution is 0.391. The molecular weight excluding hydrogens is 215 g/mol. The summed E-state index contributed by atoms with van der Waals surface area (Å²) >= 11 is 0. The predicted molar refractivity (Wildman–Crippen MR) is 71.0 cm³/mol. The molecule has 0 spiro atoms. The Labute approximate surface area is 104 Å². The quantitative estimate of drug-likeness (QED) is 0.676. The van der Waals surface area contributed by atoms with Crippen LogP contribution in [0.2, 0.25) is 0 Å². The number of rotatable bonds is 5. The van der Waals surface area contributed by atoms with E-state index in [4.69, 9.17) is 0 Å². The van der Waals surface area contributed by atoms with Gasteiger partial charge in [0.05, 0.1) is 0 Å². The molecule has 0 radical (unpaired) electrons. The fourth-order valence-electron chi connectivity index (χ4n) is 1.95. The fraction of sp³-hybridized carbons (Fsp3) is 0.500. The van der Waals surface area contributed by atoms with Crippen LogP contribution >= 0.6 is 0 Å². The summed E-state index contributed by atoms with van der Waals surface area (Å²) in [4.78, 5) is 4.03. The Morgan fingerprint density at radius 2 is 1.35 bits per heavy atom. The van der Waals surface area contributed by atoms with Gasteiger partial charge in [0.25, 0.3) is 0 Å². The highest BCUT2D eigenvalue weighted by atomic mass is 16.4. The SMILES string of the molecule is CN(C)Cc1cccc(CN(C)C)c1B(O)O. The van der Waals surface area contributed by atoms with Crippen LogP contribution in [-0.4, -0.2) is 55.2 Å². The number of hydrogen-bond acceptors (Lipinski definition) is 4. The minimum absolute atomic E-state index is 0.634. The van der Waals surface area contributed by atoms with Gasteiger partial charge in [0.15, 0.2) is 0 Å². The maximum absolute atomic E-state index is 9.53. The third-order valence-corrected chi connectivity index (χ3v) is 2.52. The predicted octanol–water partition coefficient (Wildman–Crippen LogP) is -0.510. The van der Waals surface area contributed by atoms with E-state index in [0.717, 1.165) is 11.1 Å². The summed E-state index contributed by atoms with van der Waals surface area (Å²) in [5, 5.41) is 19.1. The fourth-order valence-corrected chi connectivity index (χ4v) is 1.95. The molecule has 94 valence electrons. The summed E-state index contributed by atoms with van der Waals surface area (Å²) in [5.41, 5.74) is 2.56. The van der Waals surface area contributed by atoms with E-state index in [9.17, 15) is 10.0 Å². The van der Waals surface area contributed by atoms with Crippen LogP contribution in [0.5, 0.6) is 0 Å². The molecule has 0 aromatic heterocycles. The monoisotopic (exact) mass is 236 g/mol. The summed E-state index contributed by atoms with van der Waals surface area (Å²) in [6.45, 7) is 1.41. The average molecular weight is 236 g/mol. The Morgan fingerprint density at radius 3 is 1.65 bits per heavy atom. The van der Waals surface area contributed by atoms with Gasteiger partial charge in [0, 0.05) is 13.1 Å². The molecule has 1 rings (SSSR count). The van der Waals surface area contributed by atoms with E-state index in [1.54, 1.807) is 0 Å². The van der Waals surface area contributed by atoms with Crippen LogP contribution in [-0.2, 0) is 13.1 Å². The maximum atomic E-state index is 9.53. The van der Waals surface area contributed by atoms with E-state index < -0.39 is 7.12 Å². The van der Waals surface area contributed by atoms with Crippen molar-refractivity contribution in [1.82, 2.24) is 9.80 Å². The molecule has 0 unspecified atom stereocenters. The van der Waals surface area contributed by atoms with Gasteiger partial charge in [-0.05, 0) is 44.8 Å². The van der Waals surface area contributed by atoms with Crippen LogP contribution < -0.4 is 5.46 Å². The summed E-state index contributed by atoms with van der Waals surface area (Å²) in [6, 6.07) is 5.84. The topological polar surface area (TPSA) is 46.9 Å². The second-order valence-electron chi connectivity index (χ2n) is 4.84. The molecule has 17 heavy (non-hydrogen) atoms. The van der Waals surface area contributed by atoms with E-state index in [1.165, 1.54) is 0 Å². The van der Waals surface area contributed by atoms with Crippen molar-refractivity contribution in [3.05, 3.63) is 29.3 Å². The van der Waals surface area contributed by atoms with Gasteiger partial charge >= 0.3 is 7.12 Å². The minimum Gasteiger partial charge on any atom is -0.423 e. The van der Waals surface area contributed by atoms with Crippen molar-refractivity contribution in [2.24, 2.45) is 0 Å². The Bertz CT molecular complexity index is 339. The third kappa shape index (κ3) is 4.13. The first kappa shape index (κ1) is 14.2. The maximum Gasteiger partial charge on any atom is 0.489 e. The summed E-state index contributed by atoms with van der Waals surface area (Å²) in [7, 11) is 6.44. The van der Waals surface area contributed by atoms with Gasteiger partial charge < -0.3 is 19.8 Å². The van der Waals surface area contributed by atoms with E-state index in [-0.39, 0.29) is 0 Å². The summed E-state index contributed by atoms with van der Waals surface area (Å²) in [6.07, 6.45) is 0. The van der Waals surface area contributed by atoms with E-state index in [1.807, 2.05) is 56.2 Å². The summed E-state index contributed by atoms with van der Waals surface area (Å²) in [5.74, 6) is 0. The molecule has 1 aromatic rings. The van der Waals surface area contributed by atoms with Gasteiger partial charge in [0.2, 0.25) is 0 Å². The second-order valence-corrected chi connectivity index (χ2v) is 4.84. The first-order chi connectivity index (χ1) is 7.91. The van der Waals surface area contributed by atoms with E-state index in [2.05, 4.69) is 0 Å². The van der Waals surface area contributed by atoms with Gasteiger partial charge in [-0.3, -0.25) is 0 Å². The zero-order valence-electron chi connectivity index (χ0n) is 11.0. The molecule has 0 amide bonds. The largest absolute Gasteiger partial charge is 0.489 e. The lowest BCUT2D eigenvalue weighted by Gasteiger charge is -2.19. The van der Waals surface area contributed by atoms with Gasteiger partial charge in [-0.25, -0.2) is 0 Å². The Kier molecular flexibility index (Phi) is 5.14. The highest BCUT2D eigenvalue weighted by Gasteiger charge is 2.20. The zero-order valence-corrected chi connectivity index (χ0v) is 11.0. The van der Waals surface area contributed by atoms with Gasteiger partial charge in [-0.2, -0.15) is 0 Å². The molecule has 0 fully saturated rings. The van der Waals surface area contributed by atoms with Crippen molar-refractivity contribution in [2.75, 3.05) is 28.2 Å². The lowest BCUT2D eigenvalue weighted by atomic mass is 9.73. The Hall–Kier alpha value is -0.875. The molecule has 0 aliphatic rings. The van der Waals surface area contributed by atoms with Crippen LogP contribution in [0.4, 0.5) is 0 Å². The van der Waals surface area contributed by atoms with Crippen molar-refractivity contribution in [3.63, 3.8) is 0 Å². The molecule has 4 nitrogen and oxygen atoms in total. The number of nitrogens with zero attached hydrogens (tertiary/aromatic N) is 2. The van der Waals surface area contributed by atoms with Gasteiger partial charge in [-0.15, -0.1) is 0 Å². The summed E-state index contributed by atoms with van der Waals surface area (Å²) < 4.78 is 0. The molecule has 0 saturated heterocycles. The molecular formula is C12H21BN2O2. The van der Waals surface area contributed by atoms with Crippen LogP contribution in [0.1, 0.15) is 11.1 Å². The second kappa shape index (κ2) is 6.16. The molecule has 0 aliphatic carbocycles. The van der Waals surface area contributed by atoms with Crippen molar-refractivity contribution < 1.29 is 10.0 Å². The standard InChI is InChI=1S/C12H21BN2O2/c1-14(2)8-10-6-5-7-11(9-15(3)4)12(10)13(16)17/h5-7,16-17H,8-9H2,1-4H3. The van der Waals surface area contributed by atoms with Crippen LogP contribution in [0.3, 0.4) is 0 Å². The molecule has 5 heteroatoms. The van der Waals surface area contributed by atoms with Gasteiger partial charge in [0.1, 0.15) is 0 Å². The van der Waals surface area contributed by atoms with Crippen molar-refractivity contribution in [3.8, 4) is 0 Å². The molecule has 0 aliphatic heterocycles. The van der Waals surface area contributed by atoms with E-state index in [0.29, 0.717) is 18.6 Å². The highest BCUT2D eigenvalue weighted by molar-refractivity contribution is 6.59.